The van der Waals surface area contributed by atoms with Gasteiger partial charge in [0, 0.05) is 44.2 Å². The molecule has 28 heavy (non-hydrogen) atoms. The van der Waals surface area contributed by atoms with Gasteiger partial charge in [0.25, 0.3) is 5.91 Å². The van der Waals surface area contributed by atoms with Crippen molar-refractivity contribution in [1.82, 2.24) is 15.1 Å². The molecule has 7 heteroatoms. The second-order valence-corrected chi connectivity index (χ2v) is 9.19. The number of nitrogens with two attached hydrogens (primary N) is 1. The molecule has 0 radical (unpaired) electrons. The third kappa shape index (κ3) is 3.69. The van der Waals surface area contributed by atoms with Gasteiger partial charge in [0.1, 0.15) is 6.04 Å². The number of nitrogens with zero attached hydrogens (tertiary/aromatic N) is 2. The first kappa shape index (κ1) is 19.1. The highest BCUT2D eigenvalue weighted by molar-refractivity contribution is 6.05. The molecule has 4 rings (SSSR count). The number of hydrogen-bond acceptors (Lipinski definition) is 5. The third-order valence-corrected chi connectivity index (χ3v) is 5.96. The summed E-state index contributed by atoms with van der Waals surface area (Å²) in [6, 6.07) is 5.61. The minimum absolute atomic E-state index is 0.123. The van der Waals surface area contributed by atoms with E-state index in [4.69, 9.17) is 5.73 Å². The van der Waals surface area contributed by atoms with Crippen LogP contribution in [0, 0.1) is 5.41 Å². The quantitative estimate of drug-likeness (QED) is 0.758. The van der Waals surface area contributed by atoms with Gasteiger partial charge in [0.05, 0.1) is 0 Å². The summed E-state index contributed by atoms with van der Waals surface area (Å²) in [6.45, 7) is 7.50. The second kappa shape index (κ2) is 6.97. The molecular weight excluding hydrogens is 356 g/mol. The Morgan fingerprint density at radius 2 is 2.04 bits per heavy atom. The lowest BCUT2D eigenvalue weighted by atomic mass is 9.82. The lowest BCUT2D eigenvalue weighted by Crippen LogP contribution is -2.52. The molecule has 0 aliphatic carbocycles. The number of piperidine rings is 2. The van der Waals surface area contributed by atoms with E-state index in [0.717, 1.165) is 37.2 Å². The van der Waals surface area contributed by atoms with E-state index in [2.05, 4.69) is 30.1 Å². The van der Waals surface area contributed by atoms with Crippen LogP contribution in [0.25, 0.3) is 0 Å². The van der Waals surface area contributed by atoms with Crippen LogP contribution in [0.3, 0.4) is 0 Å². The number of likely N-dealkylation sites (tertiary alicyclic amines) is 1. The first-order chi connectivity index (χ1) is 13.2. The summed E-state index contributed by atoms with van der Waals surface area (Å²) in [5.41, 5.74) is 9.11. The highest BCUT2D eigenvalue weighted by atomic mass is 16.2. The summed E-state index contributed by atoms with van der Waals surface area (Å²) < 4.78 is 0. The van der Waals surface area contributed by atoms with Crippen molar-refractivity contribution in [1.29, 1.82) is 0 Å². The fourth-order valence-corrected chi connectivity index (χ4v) is 4.92. The van der Waals surface area contributed by atoms with Crippen molar-refractivity contribution in [3.05, 3.63) is 34.9 Å². The lowest BCUT2D eigenvalue weighted by Gasteiger charge is -2.41. The van der Waals surface area contributed by atoms with Crippen LogP contribution in [-0.2, 0) is 22.7 Å². The third-order valence-electron chi connectivity index (χ3n) is 5.96. The molecule has 2 saturated heterocycles. The zero-order chi connectivity index (χ0) is 20.1. The molecule has 2 unspecified atom stereocenters. The zero-order valence-electron chi connectivity index (χ0n) is 16.5. The van der Waals surface area contributed by atoms with Gasteiger partial charge in [-0.15, -0.1) is 0 Å². The summed E-state index contributed by atoms with van der Waals surface area (Å²) in [7, 11) is 0. The van der Waals surface area contributed by atoms with E-state index in [9.17, 15) is 14.4 Å². The number of fused-ring (bicyclic) bond motifs is 1. The summed E-state index contributed by atoms with van der Waals surface area (Å²) in [6.07, 6.45) is 1.68. The first-order valence-corrected chi connectivity index (χ1v) is 9.96. The Balaban J connectivity index is 1.49. The molecule has 3 N–H and O–H groups in total. The van der Waals surface area contributed by atoms with Crippen LogP contribution in [0.5, 0.6) is 0 Å². The molecule has 0 bridgehead atoms. The number of carbonyl (C=O) groups is 3. The predicted octanol–water partition coefficient (Wildman–Crippen LogP) is 1.01. The predicted molar refractivity (Wildman–Crippen MR) is 104 cm³/mol. The second-order valence-electron chi connectivity index (χ2n) is 9.19. The van der Waals surface area contributed by atoms with Gasteiger partial charge in [0.2, 0.25) is 11.8 Å². The van der Waals surface area contributed by atoms with E-state index in [1.807, 2.05) is 12.1 Å². The van der Waals surface area contributed by atoms with Crippen LogP contribution in [-0.4, -0.2) is 52.7 Å². The molecule has 3 aliphatic rings. The van der Waals surface area contributed by atoms with E-state index >= 15 is 0 Å². The van der Waals surface area contributed by atoms with Crippen molar-refractivity contribution in [2.45, 2.75) is 58.3 Å². The number of benzene rings is 1. The van der Waals surface area contributed by atoms with Crippen molar-refractivity contribution in [2.24, 2.45) is 11.1 Å². The topological polar surface area (TPSA) is 95.7 Å². The average Bonchev–Trinajstić information content (AvgIpc) is 2.89. The minimum atomic E-state index is -0.568. The van der Waals surface area contributed by atoms with Crippen molar-refractivity contribution < 1.29 is 14.4 Å². The van der Waals surface area contributed by atoms with E-state index in [0.29, 0.717) is 18.5 Å². The van der Waals surface area contributed by atoms with Gasteiger partial charge < -0.3 is 10.6 Å². The maximum atomic E-state index is 13.0. The molecule has 2 fully saturated rings. The molecule has 0 aromatic heterocycles. The van der Waals surface area contributed by atoms with Crippen molar-refractivity contribution in [3.8, 4) is 0 Å². The van der Waals surface area contributed by atoms with Crippen LogP contribution in [0.4, 0.5) is 0 Å². The van der Waals surface area contributed by atoms with Gasteiger partial charge in [-0.05, 0) is 35.4 Å². The van der Waals surface area contributed by atoms with Gasteiger partial charge in [-0.2, -0.15) is 0 Å². The number of carbonyl (C=O) groups excluding carboxylic acids is 3. The van der Waals surface area contributed by atoms with Crippen LogP contribution in [0.15, 0.2) is 18.2 Å². The number of rotatable bonds is 3. The molecule has 1 aromatic carbocycles. The van der Waals surface area contributed by atoms with Gasteiger partial charge in [-0.25, -0.2) is 0 Å². The maximum Gasteiger partial charge on any atom is 0.255 e. The monoisotopic (exact) mass is 384 g/mol. The Bertz CT molecular complexity index is 835. The Kier molecular flexibility index (Phi) is 4.75. The van der Waals surface area contributed by atoms with Gasteiger partial charge in [-0.1, -0.05) is 26.0 Å². The Morgan fingerprint density at radius 3 is 2.75 bits per heavy atom. The molecule has 7 nitrogen and oxygen atoms in total. The zero-order valence-corrected chi connectivity index (χ0v) is 16.5. The summed E-state index contributed by atoms with van der Waals surface area (Å²) in [5.74, 6) is -0.764. The highest BCUT2D eigenvalue weighted by Crippen LogP contribution is 2.31. The van der Waals surface area contributed by atoms with E-state index in [-0.39, 0.29) is 35.6 Å². The molecule has 0 saturated carbocycles. The standard InChI is InChI=1S/C21H28N4O3/c1-21(2)8-15(22)11-24(12-21)9-13-3-4-14-10-25(20(28)16(14)7-13)17-5-6-18(26)23-19(17)27/h3-4,7,15,17H,5-6,8-12,22H2,1-2H3,(H,23,26,27). The molecule has 3 amide bonds. The molecule has 3 heterocycles. The van der Waals surface area contributed by atoms with Crippen LogP contribution in [0.1, 0.15) is 54.6 Å². The van der Waals surface area contributed by atoms with Crippen LogP contribution >= 0.6 is 0 Å². The van der Waals surface area contributed by atoms with Gasteiger partial charge in [0.15, 0.2) is 0 Å². The van der Waals surface area contributed by atoms with Crippen molar-refractivity contribution in [2.75, 3.05) is 13.1 Å². The maximum absolute atomic E-state index is 13.0. The largest absolute Gasteiger partial charge is 0.327 e. The number of imide groups is 1. The normalized spacial score (nSPS) is 27.7. The molecule has 0 spiro atoms. The summed E-state index contributed by atoms with van der Waals surface area (Å²) in [5, 5.41) is 2.34. The van der Waals surface area contributed by atoms with Gasteiger partial charge >= 0.3 is 0 Å². The molecule has 3 aliphatic heterocycles. The average molecular weight is 384 g/mol. The van der Waals surface area contributed by atoms with E-state index < -0.39 is 6.04 Å². The smallest absolute Gasteiger partial charge is 0.255 e. The fraction of sp³-hybridized carbons (Fsp3) is 0.571. The SMILES string of the molecule is CC1(C)CC(N)CN(Cc2ccc3c(c2)C(=O)N(C2CCC(=O)NC2=O)C3)C1. The number of hydrogen-bond donors (Lipinski definition) is 2. The lowest BCUT2D eigenvalue weighted by molar-refractivity contribution is -0.136. The summed E-state index contributed by atoms with van der Waals surface area (Å²) in [4.78, 5) is 40.5. The molecule has 150 valence electrons. The molecule has 2 atom stereocenters. The van der Waals surface area contributed by atoms with Gasteiger partial charge in [-0.3, -0.25) is 24.6 Å². The van der Waals surface area contributed by atoms with Crippen molar-refractivity contribution in [3.63, 3.8) is 0 Å². The van der Waals surface area contributed by atoms with E-state index in [1.54, 1.807) is 4.90 Å². The first-order valence-electron chi connectivity index (χ1n) is 9.96. The minimum Gasteiger partial charge on any atom is -0.327 e. The number of nitrogens with one attached hydrogen (secondary N) is 1. The Labute approximate surface area is 165 Å². The van der Waals surface area contributed by atoms with E-state index in [1.165, 1.54) is 0 Å². The fourth-order valence-electron chi connectivity index (χ4n) is 4.92. The van der Waals surface area contributed by atoms with Crippen LogP contribution in [0.2, 0.25) is 0 Å². The Morgan fingerprint density at radius 1 is 1.25 bits per heavy atom. The summed E-state index contributed by atoms with van der Waals surface area (Å²) >= 11 is 0. The van der Waals surface area contributed by atoms with Crippen molar-refractivity contribution >= 4 is 17.7 Å². The molecular formula is C21H28N4O3. The molecule has 1 aromatic rings. The number of amides is 3. The van der Waals surface area contributed by atoms with Crippen LogP contribution < -0.4 is 11.1 Å². The Hall–Kier alpha value is -2.25. The highest BCUT2D eigenvalue weighted by Gasteiger charge is 2.39.